The zero-order chi connectivity index (χ0) is 16.8. The summed E-state index contributed by atoms with van der Waals surface area (Å²) >= 11 is 3.36. The van der Waals surface area contributed by atoms with Crippen LogP contribution < -0.4 is 10.6 Å². The minimum atomic E-state index is -0.263. The number of amides is 2. The van der Waals surface area contributed by atoms with Gasteiger partial charge in [-0.1, -0.05) is 31.2 Å². The number of nitrogens with one attached hydrogen (secondary N) is 2. The van der Waals surface area contributed by atoms with Crippen LogP contribution in [0, 0.1) is 0 Å². The Labute approximate surface area is 144 Å². The molecule has 0 spiro atoms. The molecule has 4 nitrogen and oxygen atoms in total. The lowest BCUT2D eigenvalue weighted by atomic mass is 10.1. The highest BCUT2D eigenvalue weighted by Crippen LogP contribution is 2.20. The number of hydrogen-bond donors (Lipinski definition) is 2. The van der Waals surface area contributed by atoms with Crippen molar-refractivity contribution >= 4 is 33.4 Å². The topological polar surface area (TPSA) is 58.2 Å². The molecule has 0 aliphatic rings. The van der Waals surface area contributed by atoms with Gasteiger partial charge in [0.1, 0.15) is 0 Å². The quantitative estimate of drug-likeness (QED) is 0.822. The van der Waals surface area contributed by atoms with Crippen molar-refractivity contribution < 1.29 is 9.59 Å². The van der Waals surface area contributed by atoms with E-state index in [-0.39, 0.29) is 17.9 Å². The molecule has 0 heterocycles. The molecule has 2 rings (SSSR count). The third-order valence-electron chi connectivity index (χ3n) is 3.53. The summed E-state index contributed by atoms with van der Waals surface area (Å²) in [5.74, 6) is -0.455. The number of rotatable bonds is 5. The second kappa shape index (κ2) is 7.92. The first-order chi connectivity index (χ1) is 11.0. The molecule has 0 saturated heterocycles. The minimum absolute atomic E-state index is 0.0783. The van der Waals surface area contributed by atoms with Crippen LogP contribution in [0.1, 0.15) is 41.0 Å². The molecule has 1 atom stereocenters. The van der Waals surface area contributed by atoms with Gasteiger partial charge in [0.05, 0.1) is 16.8 Å². The van der Waals surface area contributed by atoms with E-state index in [2.05, 4.69) is 26.6 Å². The van der Waals surface area contributed by atoms with Crippen LogP contribution in [-0.2, 0) is 0 Å². The molecule has 5 heteroatoms. The van der Waals surface area contributed by atoms with Gasteiger partial charge in [-0.15, -0.1) is 0 Å². The van der Waals surface area contributed by atoms with E-state index < -0.39 is 0 Å². The molecule has 0 bridgehead atoms. The highest BCUT2D eigenvalue weighted by atomic mass is 79.9. The van der Waals surface area contributed by atoms with Crippen LogP contribution in [0.4, 0.5) is 5.69 Å². The van der Waals surface area contributed by atoms with Crippen LogP contribution in [-0.4, -0.2) is 17.9 Å². The summed E-state index contributed by atoms with van der Waals surface area (Å²) in [5.41, 5.74) is 1.46. The van der Waals surface area contributed by atoms with E-state index in [9.17, 15) is 9.59 Å². The molecule has 2 aromatic carbocycles. The second-order valence-electron chi connectivity index (χ2n) is 5.26. The summed E-state index contributed by atoms with van der Waals surface area (Å²) in [4.78, 5) is 24.8. The predicted octanol–water partition coefficient (Wildman–Crippen LogP) is 4.23. The SMILES string of the molecule is CCC(C)NC(=O)c1ccccc1NC(=O)c1ccccc1Br. The van der Waals surface area contributed by atoms with Crippen LogP contribution in [0.25, 0.3) is 0 Å². The Kier molecular flexibility index (Phi) is 5.93. The molecule has 120 valence electrons. The normalized spacial score (nSPS) is 11.6. The Hall–Kier alpha value is -2.14. The van der Waals surface area contributed by atoms with E-state index in [1.165, 1.54) is 0 Å². The molecule has 0 aromatic heterocycles. The van der Waals surface area contributed by atoms with Gasteiger partial charge in [0, 0.05) is 10.5 Å². The number of benzene rings is 2. The van der Waals surface area contributed by atoms with Crippen molar-refractivity contribution in [3.05, 3.63) is 64.1 Å². The number of anilines is 1. The monoisotopic (exact) mass is 374 g/mol. The summed E-state index contributed by atoms with van der Waals surface area (Å²) in [7, 11) is 0. The molecule has 0 aliphatic carbocycles. The molecule has 2 amide bonds. The lowest BCUT2D eigenvalue weighted by Crippen LogP contribution is -2.32. The lowest BCUT2D eigenvalue weighted by molar-refractivity contribution is 0.0940. The third kappa shape index (κ3) is 4.42. The Balaban J connectivity index is 2.22. The highest BCUT2D eigenvalue weighted by Gasteiger charge is 2.16. The molecular weight excluding hydrogens is 356 g/mol. The summed E-state index contributed by atoms with van der Waals surface area (Å²) < 4.78 is 0.707. The van der Waals surface area contributed by atoms with Crippen LogP contribution in [0.15, 0.2) is 53.0 Å². The fourth-order valence-electron chi connectivity index (χ4n) is 2.03. The molecule has 2 N–H and O–H groups in total. The average molecular weight is 375 g/mol. The predicted molar refractivity (Wildman–Crippen MR) is 95.8 cm³/mol. The fraction of sp³-hybridized carbons (Fsp3) is 0.222. The van der Waals surface area contributed by atoms with Crippen LogP contribution in [0.3, 0.4) is 0 Å². The molecule has 2 aromatic rings. The van der Waals surface area contributed by atoms with Crippen LogP contribution in [0.2, 0.25) is 0 Å². The van der Waals surface area contributed by atoms with Gasteiger partial charge in [-0.3, -0.25) is 9.59 Å². The van der Waals surface area contributed by atoms with Crippen LogP contribution >= 0.6 is 15.9 Å². The van der Waals surface area contributed by atoms with Crippen molar-refractivity contribution in [2.75, 3.05) is 5.32 Å². The molecule has 1 unspecified atom stereocenters. The maximum absolute atomic E-state index is 12.4. The van der Waals surface area contributed by atoms with E-state index in [0.717, 1.165) is 6.42 Å². The van der Waals surface area contributed by atoms with Gasteiger partial charge in [0.2, 0.25) is 0 Å². The number of halogens is 1. The third-order valence-corrected chi connectivity index (χ3v) is 4.22. The van der Waals surface area contributed by atoms with Crippen molar-refractivity contribution in [3.8, 4) is 0 Å². The summed E-state index contributed by atoms with van der Waals surface area (Å²) in [5, 5.41) is 5.72. The Bertz CT molecular complexity index is 716. The minimum Gasteiger partial charge on any atom is -0.350 e. The van der Waals surface area contributed by atoms with Gasteiger partial charge in [-0.05, 0) is 53.5 Å². The van der Waals surface area contributed by atoms with Gasteiger partial charge < -0.3 is 10.6 Å². The first-order valence-electron chi connectivity index (χ1n) is 7.48. The Morgan fingerprint density at radius 3 is 2.26 bits per heavy atom. The number of carbonyl (C=O) groups is 2. The smallest absolute Gasteiger partial charge is 0.256 e. The van der Waals surface area contributed by atoms with Crippen molar-refractivity contribution in [1.82, 2.24) is 5.32 Å². The molecule has 0 radical (unpaired) electrons. The van der Waals surface area contributed by atoms with E-state index in [4.69, 9.17) is 0 Å². The Morgan fingerprint density at radius 2 is 1.61 bits per heavy atom. The van der Waals surface area contributed by atoms with Gasteiger partial charge in [-0.25, -0.2) is 0 Å². The largest absolute Gasteiger partial charge is 0.350 e. The molecule has 23 heavy (non-hydrogen) atoms. The molecule has 0 aliphatic heterocycles. The summed E-state index contributed by atoms with van der Waals surface area (Å²) in [6.45, 7) is 3.95. The zero-order valence-electron chi connectivity index (χ0n) is 13.1. The summed E-state index contributed by atoms with van der Waals surface area (Å²) in [6, 6.07) is 14.2. The first-order valence-corrected chi connectivity index (χ1v) is 8.28. The van der Waals surface area contributed by atoms with E-state index >= 15 is 0 Å². The number of hydrogen-bond acceptors (Lipinski definition) is 2. The highest BCUT2D eigenvalue weighted by molar-refractivity contribution is 9.10. The van der Waals surface area contributed by atoms with E-state index in [1.54, 1.807) is 42.5 Å². The first kappa shape index (κ1) is 17.2. The van der Waals surface area contributed by atoms with Gasteiger partial charge in [0.25, 0.3) is 11.8 Å². The standard InChI is InChI=1S/C18H19BrN2O2/c1-3-12(2)20-18(23)14-9-5-7-11-16(14)21-17(22)13-8-4-6-10-15(13)19/h4-12H,3H2,1-2H3,(H,20,23)(H,21,22). The summed E-state index contributed by atoms with van der Waals surface area (Å²) in [6.07, 6.45) is 0.844. The lowest BCUT2D eigenvalue weighted by Gasteiger charge is -2.15. The maximum Gasteiger partial charge on any atom is 0.256 e. The van der Waals surface area contributed by atoms with Gasteiger partial charge >= 0.3 is 0 Å². The van der Waals surface area contributed by atoms with Gasteiger partial charge in [0.15, 0.2) is 0 Å². The van der Waals surface area contributed by atoms with Crippen LogP contribution in [0.5, 0.6) is 0 Å². The zero-order valence-corrected chi connectivity index (χ0v) is 14.7. The second-order valence-corrected chi connectivity index (χ2v) is 6.12. The van der Waals surface area contributed by atoms with Crippen molar-refractivity contribution in [2.24, 2.45) is 0 Å². The van der Waals surface area contributed by atoms with E-state index in [1.807, 2.05) is 19.9 Å². The fourth-order valence-corrected chi connectivity index (χ4v) is 2.49. The molecule has 0 fully saturated rings. The molecule has 0 saturated carbocycles. The number of carbonyl (C=O) groups excluding carboxylic acids is 2. The number of para-hydroxylation sites is 1. The van der Waals surface area contributed by atoms with Crippen molar-refractivity contribution in [1.29, 1.82) is 0 Å². The van der Waals surface area contributed by atoms with E-state index in [0.29, 0.717) is 21.3 Å². The Morgan fingerprint density at radius 1 is 1.00 bits per heavy atom. The molecular formula is C18H19BrN2O2. The van der Waals surface area contributed by atoms with Crippen molar-refractivity contribution in [2.45, 2.75) is 26.3 Å². The maximum atomic E-state index is 12.4. The van der Waals surface area contributed by atoms with Crippen molar-refractivity contribution in [3.63, 3.8) is 0 Å². The average Bonchev–Trinajstić information content (AvgIpc) is 2.55. The van der Waals surface area contributed by atoms with Gasteiger partial charge in [-0.2, -0.15) is 0 Å².